The Balaban J connectivity index is 1.53. The lowest BCUT2D eigenvalue weighted by atomic mass is 9.63. The second-order valence-corrected chi connectivity index (χ2v) is 13.8. The normalized spacial score (nSPS) is 24.6. The molecular formula is C40H36O10. The van der Waals surface area contributed by atoms with Gasteiger partial charge in [0.05, 0.1) is 11.1 Å². The molecular weight excluding hydrogens is 640 g/mol. The molecule has 0 radical (unpaired) electrons. The van der Waals surface area contributed by atoms with Crippen molar-refractivity contribution >= 4 is 11.6 Å². The molecule has 0 amide bonds. The molecule has 0 aliphatic heterocycles. The van der Waals surface area contributed by atoms with E-state index in [1.165, 1.54) is 48.5 Å². The predicted octanol–water partition coefficient (Wildman–Crippen LogP) is 7.08. The van der Waals surface area contributed by atoms with Crippen molar-refractivity contribution in [1.82, 2.24) is 0 Å². The molecule has 50 heavy (non-hydrogen) atoms. The lowest BCUT2D eigenvalue weighted by molar-refractivity contribution is 0.0876. The minimum atomic E-state index is -1.07. The Kier molecular flexibility index (Phi) is 7.77. The van der Waals surface area contributed by atoms with Crippen LogP contribution in [0.3, 0.4) is 0 Å². The van der Waals surface area contributed by atoms with Crippen LogP contribution in [-0.4, -0.2) is 52.4 Å². The zero-order valence-electron chi connectivity index (χ0n) is 27.2. The second-order valence-electron chi connectivity index (χ2n) is 13.8. The molecule has 4 aromatic carbocycles. The van der Waals surface area contributed by atoms with Crippen LogP contribution in [0.5, 0.6) is 46.0 Å². The highest BCUT2D eigenvalue weighted by molar-refractivity contribution is 6.04. The fourth-order valence-electron chi connectivity index (χ4n) is 8.44. The number of carbonyl (C=O) groups is 2. The van der Waals surface area contributed by atoms with Crippen LogP contribution >= 0.6 is 0 Å². The molecule has 6 atom stereocenters. The van der Waals surface area contributed by atoms with Gasteiger partial charge < -0.3 is 40.9 Å². The summed E-state index contributed by atoms with van der Waals surface area (Å²) in [6, 6.07) is 13.0. The van der Waals surface area contributed by atoms with Crippen molar-refractivity contribution in [3.05, 3.63) is 117 Å². The number of benzene rings is 4. The molecule has 10 nitrogen and oxygen atoms in total. The van der Waals surface area contributed by atoms with E-state index in [4.69, 9.17) is 0 Å². The second kappa shape index (κ2) is 11.9. The Morgan fingerprint density at radius 2 is 0.820 bits per heavy atom. The van der Waals surface area contributed by atoms with E-state index in [0.29, 0.717) is 24.0 Å². The first kappa shape index (κ1) is 32.6. The number of fused-ring (bicyclic) bond motifs is 8. The summed E-state index contributed by atoms with van der Waals surface area (Å²) in [4.78, 5) is 29.8. The lowest BCUT2D eigenvalue weighted by Crippen LogP contribution is -2.34. The Morgan fingerprint density at radius 1 is 0.460 bits per heavy atom. The van der Waals surface area contributed by atoms with Gasteiger partial charge in [0.15, 0.2) is 11.6 Å². The summed E-state index contributed by atoms with van der Waals surface area (Å²) in [6.07, 6.45) is 4.17. The molecule has 0 saturated carbocycles. The fourth-order valence-corrected chi connectivity index (χ4v) is 8.44. The molecule has 10 heteroatoms. The lowest BCUT2D eigenvalue weighted by Gasteiger charge is -2.39. The van der Waals surface area contributed by atoms with Crippen molar-refractivity contribution in [2.75, 3.05) is 0 Å². The van der Waals surface area contributed by atoms with Gasteiger partial charge in [0.2, 0.25) is 0 Å². The van der Waals surface area contributed by atoms with Crippen LogP contribution in [0.25, 0.3) is 0 Å². The Labute approximate surface area is 287 Å². The van der Waals surface area contributed by atoms with Crippen molar-refractivity contribution in [3.8, 4) is 46.0 Å². The Hall–Kier alpha value is -5.90. The summed E-state index contributed by atoms with van der Waals surface area (Å²) >= 11 is 0. The van der Waals surface area contributed by atoms with E-state index in [1.54, 1.807) is 12.2 Å². The zero-order valence-corrected chi connectivity index (χ0v) is 27.2. The Bertz CT molecular complexity index is 2010. The number of phenols is 8. The number of rotatable bonds is 2. The molecule has 0 heterocycles. The number of allylic oxidation sites excluding steroid dienone is 4. The van der Waals surface area contributed by atoms with Crippen LogP contribution < -0.4 is 0 Å². The van der Waals surface area contributed by atoms with Crippen LogP contribution in [0.4, 0.5) is 0 Å². The smallest absolute Gasteiger partial charge is 0.171 e. The molecule has 4 bridgehead atoms. The van der Waals surface area contributed by atoms with Gasteiger partial charge in [-0.25, -0.2) is 0 Å². The van der Waals surface area contributed by atoms with Gasteiger partial charge in [-0.15, -0.1) is 0 Å². The summed E-state index contributed by atoms with van der Waals surface area (Å²) in [6.45, 7) is 3.66. The standard InChI is InChI=1S/C40H36O10/c1-17-7-25(21-5-3-19(41)11-31(21)43)37-27(9-17)23-13-29(35(47)15-33(23)45)40(50)38-26(22-6-4-20(42)12-32(22)44)8-18(2)10-28(38)24-14-30(39(37)49)36(48)16-34(24)46/h3-6,9-16,25-28,37-38,41-48H,7-8H2,1-2H3/t25-,26-,27-,28-,37+,38+/m1/s1. The average molecular weight is 677 g/mol. The van der Waals surface area contributed by atoms with E-state index in [0.717, 1.165) is 23.3 Å². The van der Waals surface area contributed by atoms with E-state index in [2.05, 4.69) is 0 Å². The third kappa shape index (κ3) is 5.28. The van der Waals surface area contributed by atoms with Gasteiger partial charge >= 0.3 is 0 Å². The summed E-state index contributed by atoms with van der Waals surface area (Å²) < 4.78 is 0. The van der Waals surface area contributed by atoms with Crippen LogP contribution in [-0.2, 0) is 0 Å². The van der Waals surface area contributed by atoms with Gasteiger partial charge in [0, 0.05) is 70.9 Å². The summed E-state index contributed by atoms with van der Waals surface area (Å²) in [5.74, 6) is -9.18. The molecule has 4 aromatic rings. The molecule has 3 aliphatic carbocycles. The molecule has 0 saturated heterocycles. The van der Waals surface area contributed by atoms with Crippen molar-refractivity contribution in [1.29, 1.82) is 0 Å². The number of hydrogen-bond acceptors (Lipinski definition) is 10. The number of carbonyl (C=O) groups excluding carboxylic acids is 2. The highest BCUT2D eigenvalue weighted by atomic mass is 16.3. The van der Waals surface area contributed by atoms with Crippen molar-refractivity contribution in [2.45, 2.75) is 50.4 Å². The number of phenolic OH excluding ortho intramolecular Hbond substituents is 8. The van der Waals surface area contributed by atoms with Crippen molar-refractivity contribution in [3.63, 3.8) is 0 Å². The Morgan fingerprint density at radius 3 is 1.18 bits per heavy atom. The molecule has 0 unspecified atom stereocenters. The maximum Gasteiger partial charge on any atom is 0.171 e. The van der Waals surface area contributed by atoms with Gasteiger partial charge in [-0.2, -0.15) is 0 Å². The van der Waals surface area contributed by atoms with E-state index < -0.39 is 58.6 Å². The summed E-state index contributed by atoms with van der Waals surface area (Å²) in [7, 11) is 0. The quantitative estimate of drug-likeness (QED) is 0.102. The van der Waals surface area contributed by atoms with Gasteiger partial charge in [-0.3, -0.25) is 9.59 Å². The van der Waals surface area contributed by atoms with Crippen LogP contribution in [0.2, 0.25) is 0 Å². The van der Waals surface area contributed by atoms with E-state index in [-0.39, 0.29) is 56.8 Å². The van der Waals surface area contributed by atoms with Gasteiger partial charge in [-0.05, 0) is 62.1 Å². The maximum absolute atomic E-state index is 14.9. The minimum absolute atomic E-state index is 0.144. The van der Waals surface area contributed by atoms with Crippen LogP contribution in [0.15, 0.2) is 84.0 Å². The largest absolute Gasteiger partial charge is 0.508 e. The molecule has 7 rings (SSSR count). The number of ketones is 2. The van der Waals surface area contributed by atoms with E-state index in [9.17, 15) is 50.4 Å². The topological polar surface area (TPSA) is 196 Å². The fraction of sp³-hybridized carbons (Fsp3) is 0.250. The van der Waals surface area contributed by atoms with Crippen LogP contribution in [0.1, 0.15) is 93.3 Å². The first-order valence-electron chi connectivity index (χ1n) is 16.3. The molecule has 0 spiro atoms. The van der Waals surface area contributed by atoms with Gasteiger partial charge in [0.1, 0.15) is 46.0 Å². The van der Waals surface area contributed by atoms with E-state index in [1.807, 2.05) is 13.8 Å². The number of hydrogen-bond donors (Lipinski definition) is 8. The maximum atomic E-state index is 14.9. The zero-order chi connectivity index (χ0) is 35.8. The highest BCUT2D eigenvalue weighted by Gasteiger charge is 2.46. The van der Waals surface area contributed by atoms with Crippen molar-refractivity contribution < 1.29 is 50.4 Å². The molecule has 0 aromatic heterocycles. The van der Waals surface area contributed by atoms with Crippen molar-refractivity contribution in [2.24, 2.45) is 11.8 Å². The first-order valence-corrected chi connectivity index (χ1v) is 16.3. The SMILES string of the molecule is CC1=C[C@@H]2c3cc(c(O)cc3O)C(=O)[C@@H]3[C@H](C=C(C)C[C@@H]3c3ccc(O)cc3O)c3cc(c(O)cc3O)C(=O)[C@H]2[C@@H](c2ccc(O)cc2O)C1. The van der Waals surface area contributed by atoms with Crippen LogP contribution in [0, 0.1) is 11.8 Å². The summed E-state index contributed by atoms with van der Waals surface area (Å²) in [5, 5.41) is 87.2. The minimum Gasteiger partial charge on any atom is -0.508 e. The monoisotopic (exact) mass is 676 g/mol. The number of aromatic hydroxyl groups is 8. The average Bonchev–Trinajstić information content (AvgIpc) is 3.03. The predicted molar refractivity (Wildman–Crippen MR) is 182 cm³/mol. The third-order valence-corrected chi connectivity index (χ3v) is 10.6. The molecule has 3 aliphatic rings. The van der Waals surface area contributed by atoms with Gasteiger partial charge in [0.25, 0.3) is 0 Å². The molecule has 8 N–H and O–H groups in total. The highest BCUT2D eigenvalue weighted by Crippen LogP contribution is 2.55. The number of Topliss-reactive ketones (excluding diaryl/α,β-unsaturated/α-hetero) is 2. The third-order valence-electron chi connectivity index (χ3n) is 10.6. The van der Waals surface area contributed by atoms with Gasteiger partial charge in [-0.1, -0.05) is 35.4 Å². The molecule has 256 valence electrons. The first-order chi connectivity index (χ1) is 23.7. The van der Waals surface area contributed by atoms with E-state index >= 15 is 0 Å². The molecule has 0 fully saturated rings. The summed E-state index contributed by atoms with van der Waals surface area (Å²) in [5.41, 5.74) is 2.33.